The molecule has 2 nitrogen and oxygen atoms in total. The number of rotatable bonds is 2. The number of aryl methyl sites for hydroxylation is 1. The van der Waals surface area contributed by atoms with Gasteiger partial charge >= 0.3 is 5.97 Å². The Morgan fingerprint density at radius 3 is 2.53 bits per heavy atom. The maximum atomic E-state index is 13.9. The minimum Gasteiger partial charge on any atom is -0.478 e. The molecule has 1 fully saturated rings. The quantitative estimate of drug-likeness (QED) is 0.846. The predicted molar refractivity (Wildman–Crippen MR) is 63.9 cm³/mol. The Balaban J connectivity index is 2.35. The number of carboxylic acid groups (broad SMARTS) is 1. The van der Waals surface area contributed by atoms with Gasteiger partial charge in [-0.15, -0.1) is 0 Å². The van der Waals surface area contributed by atoms with Gasteiger partial charge in [0, 0.05) is 0 Å². The smallest absolute Gasteiger partial charge is 0.336 e. The van der Waals surface area contributed by atoms with E-state index < -0.39 is 5.97 Å². The molecule has 0 amide bonds. The van der Waals surface area contributed by atoms with Gasteiger partial charge in [-0.05, 0) is 42.9 Å². The van der Waals surface area contributed by atoms with Crippen molar-refractivity contribution in [3.05, 3.63) is 34.6 Å². The summed E-state index contributed by atoms with van der Waals surface area (Å²) in [5, 5.41) is 8.92. The lowest BCUT2D eigenvalue weighted by atomic mass is 9.83. The average Bonchev–Trinajstić information content (AvgIpc) is 2.32. The molecule has 17 heavy (non-hydrogen) atoms. The number of hydrogen-bond acceptors (Lipinski definition) is 1. The van der Waals surface area contributed by atoms with E-state index in [1.807, 2.05) is 0 Å². The Labute approximate surface area is 100 Å². The summed E-state index contributed by atoms with van der Waals surface area (Å²) < 4.78 is 13.9. The molecule has 2 rings (SSSR count). The molecule has 0 heterocycles. The molecule has 0 aromatic heterocycles. The Kier molecular flexibility index (Phi) is 3.46. The van der Waals surface area contributed by atoms with Gasteiger partial charge in [-0.1, -0.05) is 25.3 Å². The highest BCUT2D eigenvalue weighted by Gasteiger charge is 2.21. The summed E-state index contributed by atoms with van der Waals surface area (Å²) in [6, 6.07) is 2.89. The van der Waals surface area contributed by atoms with Crippen LogP contribution in [0.5, 0.6) is 0 Å². The summed E-state index contributed by atoms with van der Waals surface area (Å²) in [7, 11) is 0. The van der Waals surface area contributed by atoms with Gasteiger partial charge in [0.1, 0.15) is 5.82 Å². The van der Waals surface area contributed by atoms with Crippen molar-refractivity contribution in [1.29, 1.82) is 0 Å². The van der Waals surface area contributed by atoms with Gasteiger partial charge in [0.15, 0.2) is 0 Å². The molecule has 1 aromatic rings. The van der Waals surface area contributed by atoms with Crippen molar-refractivity contribution < 1.29 is 14.3 Å². The lowest BCUT2D eigenvalue weighted by molar-refractivity contribution is 0.0695. The van der Waals surface area contributed by atoms with Crippen LogP contribution in [-0.4, -0.2) is 11.1 Å². The second-order valence-corrected chi connectivity index (χ2v) is 4.83. The minimum absolute atomic E-state index is 0.0714. The maximum absolute atomic E-state index is 13.9. The van der Waals surface area contributed by atoms with E-state index in [0.29, 0.717) is 11.1 Å². The molecule has 0 radical (unpaired) electrons. The van der Waals surface area contributed by atoms with Crippen molar-refractivity contribution in [1.82, 2.24) is 0 Å². The third-order valence-electron chi connectivity index (χ3n) is 3.62. The lowest BCUT2D eigenvalue weighted by Gasteiger charge is -2.23. The molecule has 1 saturated carbocycles. The van der Waals surface area contributed by atoms with E-state index in [0.717, 1.165) is 25.7 Å². The van der Waals surface area contributed by atoms with E-state index in [2.05, 4.69) is 0 Å². The summed E-state index contributed by atoms with van der Waals surface area (Å²) in [5.74, 6) is -1.15. The molecule has 1 aliphatic carbocycles. The fourth-order valence-corrected chi connectivity index (χ4v) is 2.66. The molecule has 0 bridgehead atoms. The van der Waals surface area contributed by atoms with Crippen LogP contribution in [0.3, 0.4) is 0 Å². The van der Waals surface area contributed by atoms with Crippen molar-refractivity contribution in [2.24, 2.45) is 0 Å². The number of halogens is 1. The zero-order valence-electron chi connectivity index (χ0n) is 10.0. The zero-order valence-corrected chi connectivity index (χ0v) is 10.0. The van der Waals surface area contributed by atoms with Crippen LogP contribution in [0.1, 0.15) is 59.5 Å². The van der Waals surface area contributed by atoms with Gasteiger partial charge in [-0.3, -0.25) is 0 Å². The summed E-state index contributed by atoms with van der Waals surface area (Å²) >= 11 is 0. The molecule has 3 heteroatoms. The normalized spacial score (nSPS) is 17.1. The summed E-state index contributed by atoms with van der Waals surface area (Å²) in [6.07, 6.45) is 5.55. The van der Waals surface area contributed by atoms with Crippen molar-refractivity contribution in [3.63, 3.8) is 0 Å². The first-order valence-corrected chi connectivity index (χ1v) is 6.13. The maximum Gasteiger partial charge on any atom is 0.336 e. The number of carboxylic acids is 1. The molecular formula is C14H17FO2. The lowest BCUT2D eigenvalue weighted by Crippen LogP contribution is -2.09. The van der Waals surface area contributed by atoms with Crippen molar-refractivity contribution in [2.75, 3.05) is 0 Å². The molecule has 0 saturated heterocycles. The van der Waals surface area contributed by atoms with Gasteiger partial charge in [-0.2, -0.15) is 0 Å². The zero-order chi connectivity index (χ0) is 12.4. The van der Waals surface area contributed by atoms with E-state index in [9.17, 15) is 9.18 Å². The molecular weight excluding hydrogens is 219 g/mol. The Morgan fingerprint density at radius 2 is 1.94 bits per heavy atom. The van der Waals surface area contributed by atoms with Gasteiger partial charge in [0.2, 0.25) is 0 Å². The van der Waals surface area contributed by atoms with Crippen LogP contribution in [0.25, 0.3) is 0 Å². The molecule has 0 spiro atoms. The van der Waals surface area contributed by atoms with E-state index in [4.69, 9.17) is 5.11 Å². The van der Waals surface area contributed by atoms with Crippen LogP contribution < -0.4 is 0 Å². The molecule has 92 valence electrons. The highest BCUT2D eigenvalue weighted by atomic mass is 19.1. The average molecular weight is 236 g/mol. The first kappa shape index (κ1) is 12.1. The number of carbonyl (C=O) groups is 1. The highest BCUT2D eigenvalue weighted by molar-refractivity contribution is 5.89. The number of benzene rings is 1. The van der Waals surface area contributed by atoms with Crippen LogP contribution in [0.2, 0.25) is 0 Å². The predicted octanol–water partition coefficient (Wildman–Crippen LogP) is 3.88. The van der Waals surface area contributed by atoms with Crippen LogP contribution in [0.4, 0.5) is 4.39 Å². The molecule has 0 atom stereocenters. The third kappa shape index (κ3) is 2.48. The Bertz CT molecular complexity index is 434. The number of hydrogen-bond donors (Lipinski definition) is 1. The fraction of sp³-hybridized carbons (Fsp3) is 0.500. The summed E-state index contributed by atoms with van der Waals surface area (Å²) in [6.45, 7) is 1.73. The topological polar surface area (TPSA) is 37.3 Å². The van der Waals surface area contributed by atoms with Crippen LogP contribution in [0.15, 0.2) is 12.1 Å². The summed E-state index contributed by atoms with van der Waals surface area (Å²) in [4.78, 5) is 10.9. The SMILES string of the molecule is Cc1cc(C2CCCCC2)c(F)cc1C(=O)O. The monoisotopic (exact) mass is 236 g/mol. The van der Waals surface area contributed by atoms with Gasteiger partial charge in [0.05, 0.1) is 5.56 Å². The standard InChI is InChI=1S/C14H17FO2/c1-9-7-12(10-5-3-2-4-6-10)13(15)8-11(9)14(16)17/h7-8,10H,2-6H2,1H3,(H,16,17). The molecule has 0 unspecified atom stereocenters. The Hall–Kier alpha value is -1.38. The fourth-order valence-electron chi connectivity index (χ4n) is 2.66. The Morgan fingerprint density at radius 1 is 1.29 bits per heavy atom. The highest BCUT2D eigenvalue weighted by Crippen LogP contribution is 2.34. The van der Waals surface area contributed by atoms with E-state index >= 15 is 0 Å². The molecule has 1 N–H and O–H groups in total. The minimum atomic E-state index is -1.06. The number of aromatic carboxylic acids is 1. The molecule has 1 aromatic carbocycles. The van der Waals surface area contributed by atoms with Gasteiger partial charge < -0.3 is 5.11 Å². The second kappa shape index (κ2) is 4.86. The van der Waals surface area contributed by atoms with Crippen molar-refractivity contribution in [2.45, 2.75) is 44.9 Å². The molecule has 1 aliphatic rings. The van der Waals surface area contributed by atoms with E-state index in [-0.39, 0.29) is 17.3 Å². The molecule has 0 aliphatic heterocycles. The van der Waals surface area contributed by atoms with Crippen LogP contribution in [-0.2, 0) is 0 Å². The third-order valence-corrected chi connectivity index (χ3v) is 3.62. The second-order valence-electron chi connectivity index (χ2n) is 4.83. The largest absolute Gasteiger partial charge is 0.478 e. The van der Waals surface area contributed by atoms with Gasteiger partial charge in [0.25, 0.3) is 0 Å². The first-order chi connectivity index (χ1) is 8.09. The van der Waals surface area contributed by atoms with Crippen molar-refractivity contribution >= 4 is 5.97 Å². The van der Waals surface area contributed by atoms with Crippen LogP contribution in [0, 0.1) is 12.7 Å². The summed E-state index contributed by atoms with van der Waals surface area (Å²) in [5.41, 5.74) is 1.42. The van der Waals surface area contributed by atoms with Crippen molar-refractivity contribution in [3.8, 4) is 0 Å². The van der Waals surface area contributed by atoms with Crippen LogP contribution >= 0.6 is 0 Å². The van der Waals surface area contributed by atoms with Gasteiger partial charge in [-0.25, -0.2) is 9.18 Å². The van der Waals surface area contributed by atoms with E-state index in [1.54, 1.807) is 13.0 Å². The van der Waals surface area contributed by atoms with E-state index in [1.165, 1.54) is 12.5 Å². The first-order valence-electron chi connectivity index (χ1n) is 6.13.